The van der Waals surface area contributed by atoms with Crippen LogP contribution in [0.5, 0.6) is 0 Å². The molecule has 0 heterocycles. The van der Waals surface area contributed by atoms with Crippen molar-refractivity contribution < 1.29 is 4.79 Å². The van der Waals surface area contributed by atoms with Gasteiger partial charge in [0.2, 0.25) is 5.96 Å². The van der Waals surface area contributed by atoms with Crippen molar-refractivity contribution in [3.63, 3.8) is 0 Å². The van der Waals surface area contributed by atoms with E-state index >= 15 is 0 Å². The molecule has 110 valence electrons. The number of carbonyl (C=O) groups excluding carboxylic acids is 1. The Balaban J connectivity index is 4.34. The maximum atomic E-state index is 11.1. The Morgan fingerprint density at radius 2 is 1.79 bits per heavy atom. The van der Waals surface area contributed by atoms with Gasteiger partial charge in [-0.25, -0.2) is 0 Å². The van der Waals surface area contributed by atoms with Gasteiger partial charge in [0.25, 0.3) is 0 Å². The Kier molecular flexibility index (Phi) is 8.07. The Bertz CT molecular complexity index is 319. The van der Waals surface area contributed by atoms with Crippen LogP contribution in [0.25, 0.3) is 0 Å². The van der Waals surface area contributed by atoms with Crippen LogP contribution in [-0.4, -0.2) is 41.8 Å². The van der Waals surface area contributed by atoms with Gasteiger partial charge in [-0.1, -0.05) is 0 Å². The topological polar surface area (TPSA) is 149 Å². The van der Waals surface area contributed by atoms with Crippen molar-refractivity contribution in [2.75, 3.05) is 6.54 Å². The number of aldehydes is 1. The molecule has 0 rings (SSSR count). The van der Waals surface area contributed by atoms with Crippen LogP contribution in [0.15, 0.2) is 10.1 Å². The number of nitrogens with zero attached hydrogens (tertiary/aromatic N) is 3. The number of hydrogen-bond donors (Lipinski definition) is 4. The van der Waals surface area contributed by atoms with Gasteiger partial charge in [0, 0.05) is 12.6 Å². The van der Waals surface area contributed by atoms with E-state index in [4.69, 9.17) is 22.9 Å². The van der Waals surface area contributed by atoms with Crippen LogP contribution in [0.1, 0.15) is 33.1 Å². The van der Waals surface area contributed by atoms with Gasteiger partial charge in [0.15, 0.2) is 5.96 Å². The monoisotopic (exact) mass is 271 g/mol. The number of rotatable bonds is 9. The lowest BCUT2D eigenvalue weighted by molar-refractivity contribution is -0.113. The number of unbranched alkanes of at least 4 members (excludes halogenated alkanes) is 1. The van der Waals surface area contributed by atoms with Crippen molar-refractivity contribution in [3.05, 3.63) is 0 Å². The number of hydrogen-bond acceptors (Lipinski definition) is 4. The summed E-state index contributed by atoms with van der Waals surface area (Å²) < 4.78 is 0. The molecule has 8 nitrogen and oxygen atoms in total. The average Bonchev–Trinajstić information content (AvgIpc) is 2.30. The number of carbonyl (C=O) groups is 1. The molecule has 8 heteroatoms. The number of aliphatic imine (C=N–C) groups is 1. The van der Waals surface area contributed by atoms with Gasteiger partial charge in [-0.3, -0.25) is 10.0 Å². The fraction of sp³-hybridized carbons (Fsp3) is 0.727. The van der Waals surface area contributed by atoms with Gasteiger partial charge in [0.05, 0.1) is 0 Å². The van der Waals surface area contributed by atoms with E-state index in [1.165, 1.54) is 0 Å². The normalized spacial score (nSPS) is 11.7. The molecular formula is C11H25N7O. The number of guanidine groups is 2. The van der Waals surface area contributed by atoms with Gasteiger partial charge in [-0.05, 0) is 33.1 Å². The average molecular weight is 271 g/mol. The zero-order chi connectivity index (χ0) is 14.8. The summed E-state index contributed by atoms with van der Waals surface area (Å²) in [6, 6.07) is -0.309. The number of nitrogens with two attached hydrogens (primary N) is 4. The van der Waals surface area contributed by atoms with E-state index in [1.807, 2.05) is 13.8 Å². The summed E-state index contributed by atoms with van der Waals surface area (Å²) in [5, 5.41) is 5.60. The van der Waals surface area contributed by atoms with Crippen molar-refractivity contribution in [1.82, 2.24) is 5.01 Å². The highest BCUT2D eigenvalue weighted by atomic mass is 16.1. The summed E-state index contributed by atoms with van der Waals surface area (Å²) in [6.07, 6.45) is 3.12. The van der Waals surface area contributed by atoms with Gasteiger partial charge in [-0.2, -0.15) is 0 Å². The molecule has 8 N–H and O–H groups in total. The molecule has 0 aliphatic carbocycles. The van der Waals surface area contributed by atoms with E-state index in [-0.39, 0.29) is 24.0 Å². The van der Waals surface area contributed by atoms with E-state index in [9.17, 15) is 4.79 Å². The highest BCUT2D eigenvalue weighted by molar-refractivity contribution is 5.76. The van der Waals surface area contributed by atoms with Crippen molar-refractivity contribution in [2.45, 2.75) is 45.2 Å². The Morgan fingerprint density at radius 3 is 2.21 bits per heavy atom. The van der Waals surface area contributed by atoms with E-state index < -0.39 is 0 Å². The van der Waals surface area contributed by atoms with Crippen molar-refractivity contribution in [3.8, 4) is 0 Å². The summed E-state index contributed by atoms with van der Waals surface area (Å²) in [5.41, 5.74) is 21.2. The minimum Gasteiger partial charge on any atom is -0.370 e. The lowest BCUT2D eigenvalue weighted by atomic mass is 10.1. The van der Waals surface area contributed by atoms with Crippen LogP contribution in [0.4, 0.5) is 0 Å². The molecule has 0 aromatic carbocycles. The summed E-state index contributed by atoms with van der Waals surface area (Å²) in [6.45, 7) is 4.39. The third-order valence-corrected chi connectivity index (χ3v) is 2.46. The van der Waals surface area contributed by atoms with Crippen LogP contribution in [0.3, 0.4) is 0 Å². The molecule has 0 radical (unpaired) electrons. The second-order valence-corrected chi connectivity index (χ2v) is 4.50. The first-order chi connectivity index (χ1) is 8.88. The quantitative estimate of drug-likeness (QED) is 0.137. The first kappa shape index (κ1) is 17.0. The maximum Gasteiger partial charge on any atom is 0.208 e. The summed E-state index contributed by atoms with van der Waals surface area (Å²) in [7, 11) is 0. The Labute approximate surface area is 113 Å². The van der Waals surface area contributed by atoms with Gasteiger partial charge >= 0.3 is 0 Å². The molecule has 0 spiro atoms. The largest absolute Gasteiger partial charge is 0.370 e. The number of hydrazone groups is 1. The molecule has 0 amide bonds. The molecule has 0 aromatic rings. The molecule has 19 heavy (non-hydrogen) atoms. The fourth-order valence-electron chi connectivity index (χ4n) is 1.64. The predicted octanol–water partition coefficient (Wildman–Crippen LogP) is -1.10. The molecule has 0 aliphatic heterocycles. The van der Waals surface area contributed by atoms with Crippen LogP contribution in [0.2, 0.25) is 0 Å². The smallest absolute Gasteiger partial charge is 0.208 e. The molecule has 0 unspecified atom stereocenters. The van der Waals surface area contributed by atoms with Crippen LogP contribution < -0.4 is 22.9 Å². The first-order valence-electron chi connectivity index (χ1n) is 6.27. The molecule has 0 aromatic heterocycles. The minimum atomic E-state index is -0.346. The van der Waals surface area contributed by atoms with Crippen molar-refractivity contribution in [2.24, 2.45) is 33.0 Å². The SMILES string of the molecule is CC(C)N(N=C(N)N)[C@H](C=O)CCCCN=C(N)N. The lowest BCUT2D eigenvalue weighted by Crippen LogP contribution is -2.40. The molecule has 0 bridgehead atoms. The third kappa shape index (κ3) is 7.85. The van der Waals surface area contributed by atoms with E-state index in [2.05, 4.69) is 10.1 Å². The predicted molar refractivity (Wildman–Crippen MR) is 77.2 cm³/mol. The zero-order valence-electron chi connectivity index (χ0n) is 11.6. The Hall–Kier alpha value is -1.99. The summed E-state index contributed by atoms with van der Waals surface area (Å²) >= 11 is 0. The molecule has 0 saturated carbocycles. The minimum absolute atomic E-state index is 0.0370. The van der Waals surface area contributed by atoms with Crippen molar-refractivity contribution >= 4 is 18.2 Å². The second kappa shape index (κ2) is 9.01. The van der Waals surface area contributed by atoms with Crippen molar-refractivity contribution in [1.29, 1.82) is 0 Å². The highest BCUT2D eigenvalue weighted by Crippen LogP contribution is 2.11. The van der Waals surface area contributed by atoms with E-state index in [0.717, 1.165) is 19.1 Å². The summed E-state index contributed by atoms with van der Waals surface area (Å²) in [4.78, 5) is 15.0. The molecule has 0 fully saturated rings. The molecule has 0 saturated heterocycles. The first-order valence-corrected chi connectivity index (χ1v) is 6.27. The van der Waals surface area contributed by atoms with Gasteiger partial charge in [0.1, 0.15) is 12.3 Å². The fourth-order valence-corrected chi connectivity index (χ4v) is 1.64. The Morgan fingerprint density at radius 1 is 1.16 bits per heavy atom. The van der Waals surface area contributed by atoms with Crippen LogP contribution in [0, 0.1) is 0 Å². The maximum absolute atomic E-state index is 11.1. The molecule has 1 atom stereocenters. The summed E-state index contributed by atoms with van der Waals surface area (Å²) in [5.74, 6) is 0.0253. The third-order valence-electron chi connectivity index (χ3n) is 2.46. The van der Waals surface area contributed by atoms with E-state index in [1.54, 1.807) is 5.01 Å². The van der Waals surface area contributed by atoms with Crippen LogP contribution >= 0.6 is 0 Å². The molecule has 0 aliphatic rings. The van der Waals surface area contributed by atoms with E-state index in [0.29, 0.717) is 13.0 Å². The standard InChI is InChI=1S/C11H25N7O/c1-8(2)18(17-11(14)15)9(7-19)5-3-4-6-16-10(12)13/h7-9H,3-6H2,1-2H3,(H4,12,13,16)(H4,14,15,17)/t9-/m0/s1. The lowest BCUT2D eigenvalue weighted by Gasteiger charge is -2.29. The van der Waals surface area contributed by atoms with Gasteiger partial charge in [-0.15, -0.1) is 5.10 Å². The molecular weight excluding hydrogens is 246 g/mol. The van der Waals surface area contributed by atoms with Gasteiger partial charge < -0.3 is 27.7 Å². The van der Waals surface area contributed by atoms with Crippen LogP contribution in [-0.2, 0) is 4.79 Å². The zero-order valence-corrected chi connectivity index (χ0v) is 11.6. The second-order valence-electron chi connectivity index (χ2n) is 4.50. The highest BCUT2D eigenvalue weighted by Gasteiger charge is 2.18.